The first-order chi connectivity index (χ1) is 15.9. The van der Waals surface area contributed by atoms with E-state index in [1.807, 2.05) is 24.3 Å². The predicted molar refractivity (Wildman–Crippen MR) is 135 cm³/mol. The van der Waals surface area contributed by atoms with Crippen molar-refractivity contribution < 1.29 is 9.59 Å². The maximum Gasteiger partial charge on any atom is 0.257 e. The average Bonchev–Trinajstić information content (AvgIpc) is 3.31. The van der Waals surface area contributed by atoms with Crippen LogP contribution in [0.4, 0.5) is 17.1 Å². The van der Waals surface area contributed by atoms with Crippen LogP contribution in [0, 0.1) is 0 Å². The van der Waals surface area contributed by atoms with Crippen molar-refractivity contribution in [2.24, 2.45) is 0 Å². The van der Waals surface area contributed by atoms with Crippen LogP contribution in [-0.2, 0) is 0 Å². The Labute approximate surface area is 199 Å². The quantitative estimate of drug-likeness (QED) is 0.542. The lowest BCUT2D eigenvalue weighted by Crippen LogP contribution is -2.31. The molecule has 0 bridgehead atoms. The second-order valence-corrected chi connectivity index (χ2v) is 8.77. The van der Waals surface area contributed by atoms with Crippen molar-refractivity contribution in [1.82, 2.24) is 4.90 Å². The van der Waals surface area contributed by atoms with Gasteiger partial charge < -0.3 is 20.4 Å². The molecule has 3 aromatic carbocycles. The maximum atomic E-state index is 12.6. The fourth-order valence-corrected chi connectivity index (χ4v) is 4.13. The van der Waals surface area contributed by atoms with Gasteiger partial charge in [0.05, 0.1) is 10.6 Å². The number of amides is 2. The number of rotatable bonds is 6. The predicted octanol–water partition coefficient (Wildman–Crippen LogP) is 4.98. The minimum absolute atomic E-state index is 0.208. The van der Waals surface area contributed by atoms with E-state index in [1.165, 1.54) is 0 Å². The normalized spacial score (nSPS) is 15.5. The van der Waals surface area contributed by atoms with Crippen LogP contribution in [0.25, 0.3) is 0 Å². The van der Waals surface area contributed by atoms with Crippen molar-refractivity contribution in [3.63, 3.8) is 0 Å². The second kappa shape index (κ2) is 10.1. The van der Waals surface area contributed by atoms with Gasteiger partial charge in [0.15, 0.2) is 0 Å². The number of anilines is 3. The summed E-state index contributed by atoms with van der Waals surface area (Å²) in [7, 11) is 4.23. The molecule has 1 aliphatic heterocycles. The Morgan fingerprint density at radius 1 is 0.879 bits per heavy atom. The van der Waals surface area contributed by atoms with Crippen molar-refractivity contribution in [2.75, 3.05) is 42.7 Å². The largest absolute Gasteiger partial charge is 0.370 e. The summed E-state index contributed by atoms with van der Waals surface area (Å²) in [5.74, 6) is -0.506. The monoisotopic (exact) mass is 462 g/mol. The van der Waals surface area contributed by atoms with Gasteiger partial charge in [0.2, 0.25) is 0 Å². The van der Waals surface area contributed by atoms with Gasteiger partial charge in [-0.3, -0.25) is 9.59 Å². The zero-order chi connectivity index (χ0) is 23.4. The van der Waals surface area contributed by atoms with Crippen molar-refractivity contribution in [3.8, 4) is 0 Å². The third-order valence-electron chi connectivity index (χ3n) is 5.91. The molecule has 0 aromatic heterocycles. The van der Waals surface area contributed by atoms with E-state index in [-0.39, 0.29) is 11.8 Å². The number of nitrogens with zero attached hydrogens (tertiary/aromatic N) is 2. The second-order valence-electron chi connectivity index (χ2n) is 8.36. The van der Waals surface area contributed by atoms with E-state index in [0.717, 1.165) is 30.9 Å². The van der Waals surface area contributed by atoms with Gasteiger partial charge in [0.1, 0.15) is 0 Å². The van der Waals surface area contributed by atoms with Gasteiger partial charge in [-0.2, -0.15) is 0 Å². The number of hydrogen-bond acceptors (Lipinski definition) is 4. The molecule has 1 fully saturated rings. The SMILES string of the molecule is CN(C)C1CCN(c2ccc(NC(=O)c3ccc(NC(=O)c4ccccc4Cl)cc3)cc2)C1. The molecule has 2 N–H and O–H groups in total. The number of carbonyl (C=O) groups excluding carboxylic acids is 2. The molecule has 170 valence electrons. The van der Waals surface area contributed by atoms with E-state index in [9.17, 15) is 9.59 Å². The highest BCUT2D eigenvalue weighted by atomic mass is 35.5. The Kier molecular flexibility index (Phi) is 6.96. The first-order valence-electron chi connectivity index (χ1n) is 10.9. The molecule has 1 unspecified atom stereocenters. The molecule has 7 heteroatoms. The Balaban J connectivity index is 1.34. The minimum atomic E-state index is -0.298. The average molecular weight is 463 g/mol. The summed E-state index contributed by atoms with van der Waals surface area (Å²) in [5, 5.41) is 6.11. The third-order valence-corrected chi connectivity index (χ3v) is 6.24. The van der Waals surface area contributed by atoms with Crippen LogP contribution in [-0.4, -0.2) is 49.9 Å². The molecule has 1 atom stereocenters. The highest BCUT2D eigenvalue weighted by Gasteiger charge is 2.24. The van der Waals surface area contributed by atoms with Crippen molar-refractivity contribution in [2.45, 2.75) is 12.5 Å². The highest BCUT2D eigenvalue weighted by molar-refractivity contribution is 6.34. The summed E-state index contributed by atoms with van der Waals surface area (Å²) in [4.78, 5) is 29.7. The lowest BCUT2D eigenvalue weighted by molar-refractivity contribution is 0.102. The molecule has 3 aromatic rings. The first kappa shape index (κ1) is 22.8. The summed E-state index contributed by atoms with van der Waals surface area (Å²) < 4.78 is 0. The van der Waals surface area contributed by atoms with Gasteiger partial charge >= 0.3 is 0 Å². The molecule has 0 radical (unpaired) electrons. The fourth-order valence-electron chi connectivity index (χ4n) is 3.91. The van der Waals surface area contributed by atoms with Gasteiger partial charge in [-0.25, -0.2) is 0 Å². The smallest absolute Gasteiger partial charge is 0.257 e. The summed E-state index contributed by atoms with van der Waals surface area (Å²) >= 11 is 6.08. The Hall–Kier alpha value is -3.35. The van der Waals surface area contributed by atoms with E-state index >= 15 is 0 Å². The van der Waals surface area contributed by atoms with Crippen molar-refractivity contribution in [3.05, 3.63) is 88.9 Å². The van der Waals surface area contributed by atoms with Crippen LogP contribution in [0.15, 0.2) is 72.8 Å². The van der Waals surface area contributed by atoms with Crippen LogP contribution >= 0.6 is 11.6 Å². The molecular weight excluding hydrogens is 436 g/mol. The van der Waals surface area contributed by atoms with Crippen LogP contribution in [0.1, 0.15) is 27.1 Å². The molecule has 0 saturated carbocycles. The maximum absolute atomic E-state index is 12.6. The highest BCUT2D eigenvalue weighted by Crippen LogP contribution is 2.24. The number of halogens is 1. The molecule has 6 nitrogen and oxygen atoms in total. The summed E-state index contributed by atoms with van der Waals surface area (Å²) in [6, 6.07) is 22.1. The number of hydrogen-bond donors (Lipinski definition) is 2. The van der Waals surface area contributed by atoms with E-state index in [1.54, 1.807) is 48.5 Å². The van der Waals surface area contributed by atoms with Crippen LogP contribution in [0.3, 0.4) is 0 Å². The Morgan fingerprint density at radius 3 is 2.09 bits per heavy atom. The van der Waals surface area contributed by atoms with Gasteiger partial charge in [0.25, 0.3) is 11.8 Å². The summed E-state index contributed by atoms with van der Waals surface area (Å²) in [6.45, 7) is 2.05. The molecule has 0 spiro atoms. The molecule has 2 amide bonds. The topological polar surface area (TPSA) is 64.7 Å². The fraction of sp³-hybridized carbons (Fsp3) is 0.231. The van der Waals surface area contributed by atoms with Gasteiger partial charge in [-0.1, -0.05) is 23.7 Å². The zero-order valence-corrected chi connectivity index (χ0v) is 19.5. The summed E-state index contributed by atoms with van der Waals surface area (Å²) in [5.41, 5.74) is 3.39. The standard InChI is InChI=1S/C26H27ClN4O2/c1-30(2)22-15-16-31(17-22)21-13-11-20(12-14-21)28-25(32)18-7-9-19(10-8-18)29-26(33)23-5-3-4-6-24(23)27/h3-14,22H,15-17H2,1-2H3,(H,28,32)(H,29,33). The van der Waals surface area contributed by atoms with Crippen LogP contribution in [0.5, 0.6) is 0 Å². The molecule has 0 aliphatic carbocycles. The van der Waals surface area contributed by atoms with Gasteiger partial charge in [-0.05, 0) is 81.2 Å². The third kappa shape index (κ3) is 5.53. The first-order valence-corrected chi connectivity index (χ1v) is 11.3. The molecule has 1 heterocycles. The van der Waals surface area contributed by atoms with Crippen LogP contribution in [0.2, 0.25) is 5.02 Å². The van der Waals surface area contributed by atoms with E-state index < -0.39 is 0 Å². The number of benzene rings is 3. The molecular formula is C26H27ClN4O2. The molecule has 4 rings (SSSR count). The van der Waals surface area contributed by atoms with Gasteiger partial charge in [0, 0.05) is 41.8 Å². The Bertz CT molecular complexity index is 1130. The molecule has 1 saturated heterocycles. The number of carbonyl (C=O) groups is 2. The van der Waals surface area contributed by atoms with E-state index in [2.05, 4.69) is 34.5 Å². The Morgan fingerprint density at radius 2 is 1.48 bits per heavy atom. The van der Waals surface area contributed by atoms with E-state index in [0.29, 0.717) is 27.9 Å². The zero-order valence-electron chi connectivity index (χ0n) is 18.7. The molecule has 33 heavy (non-hydrogen) atoms. The van der Waals surface area contributed by atoms with Crippen molar-refractivity contribution in [1.29, 1.82) is 0 Å². The minimum Gasteiger partial charge on any atom is -0.370 e. The number of nitrogens with one attached hydrogen (secondary N) is 2. The molecule has 1 aliphatic rings. The number of likely N-dealkylation sites (N-methyl/N-ethyl adjacent to an activating group) is 1. The van der Waals surface area contributed by atoms with E-state index in [4.69, 9.17) is 11.6 Å². The lowest BCUT2D eigenvalue weighted by Gasteiger charge is -2.22. The summed E-state index contributed by atoms with van der Waals surface area (Å²) in [6.07, 6.45) is 1.15. The van der Waals surface area contributed by atoms with Gasteiger partial charge in [-0.15, -0.1) is 0 Å². The van der Waals surface area contributed by atoms with Crippen molar-refractivity contribution >= 4 is 40.5 Å². The lowest BCUT2D eigenvalue weighted by atomic mass is 10.1. The van der Waals surface area contributed by atoms with Crippen LogP contribution < -0.4 is 15.5 Å².